The molecule has 0 spiro atoms. The lowest BCUT2D eigenvalue weighted by Gasteiger charge is -2.28. The maximum Gasteiger partial charge on any atom is 0.0125 e. The number of fused-ring (bicyclic) bond motifs is 1. The number of hydrogen-bond acceptors (Lipinski definition) is 0. The summed E-state index contributed by atoms with van der Waals surface area (Å²) in [5.74, 6) is 0.714. The van der Waals surface area contributed by atoms with E-state index < -0.39 is 0 Å². The molecule has 0 aliphatic heterocycles. The van der Waals surface area contributed by atoms with Crippen LogP contribution in [0.2, 0.25) is 0 Å². The second-order valence-corrected chi connectivity index (χ2v) is 4.80. The molecule has 100 valence electrons. The maximum atomic E-state index is 3.97. The molecule has 0 heterocycles. The lowest BCUT2D eigenvalue weighted by atomic mass is 9.76. The third-order valence-corrected chi connectivity index (χ3v) is 3.60. The van der Waals surface area contributed by atoms with E-state index in [2.05, 4.69) is 68.3 Å². The average molecular weight is 260 g/mol. The SMILES string of the molecule is C=CC=C(C=C)C=C(C=C)C1C=CC=C2C=CC=CC21. The smallest absolute Gasteiger partial charge is 0.0125 e. The first kappa shape index (κ1) is 14.1. The van der Waals surface area contributed by atoms with E-state index in [4.69, 9.17) is 0 Å². The highest BCUT2D eigenvalue weighted by Crippen LogP contribution is 2.36. The lowest BCUT2D eigenvalue weighted by molar-refractivity contribution is 0.619. The Morgan fingerprint density at radius 3 is 2.55 bits per heavy atom. The molecule has 2 rings (SSSR count). The summed E-state index contributed by atoms with van der Waals surface area (Å²) in [6.45, 7) is 11.6. The Morgan fingerprint density at radius 1 is 1.00 bits per heavy atom. The molecule has 0 fully saturated rings. The minimum absolute atomic E-state index is 0.321. The highest BCUT2D eigenvalue weighted by Gasteiger charge is 2.24. The molecular formula is C20H20. The van der Waals surface area contributed by atoms with Gasteiger partial charge in [0, 0.05) is 11.8 Å². The largest absolute Gasteiger partial charge is 0.0990 e. The summed E-state index contributed by atoms with van der Waals surface area (Å²) in [5.41, 5.74) is 3.60. The van der Waals surface area contributed by atoms with Crippen molar-refractivity contribution in [2.24, 2.45) is 11.8 Å². The molecule has 0 N–H and O–H groups in total. The van der Waals surface area contributed by atoms with Gasteiger partial charge in [-0.3, -0.25) is 0 Å². The standard InChI is InChI=1S/C20H20/c1-4-10-16(5-2)15-17(6-3)19-14-9-12-18-11-7-8-13-20(18)19/h4-15,19-20H,1-3H2. The molecular weight excluding hydrogens is 240 g/mol. The Hall–Kier alpha value is -2.34. The van der Waals surface area contributed by atoms with Crippen molar-refractivity contribution in [3.63, 3.8) is 0 Å². The minimum atomic E-state index is 0.321. The minimum Gasteiger partial charge on any atom is -0.0990 e. The van der Waals surface area contributed by atoms with Gasteiger partial charge in [0.15, 0.2) is 0 Å². The summed E-state index contributed by atoms with van der Waals surface area (Å²) in [6, 6.07) is 0. The maximum absolute atomic E-state index is 3.97. The predicted octanol–water partition coefficient (Wildman–Crippen LogP) is 5.25. The molecule has 0 radical (unpaired) electrons. The van der Waals surface area contributed by atoms with Crippen LogP contribution in [0.3, 0.4) is 0 Å². The molecule has 20 heavy (non-hydrogen) atoms. The normalized spacial score (nSPS) is 24.9. The second-order valence-electron chi connectivity index (χ2n) is 4.80. The summed E-state index contributed by atoms with van der Waals surface area (Å²) in [7, 11) is 0. The average Bonchev–Trinajstić information content (AvgIpc) is 2.51. The van der Waals surface area contributed by atoms with Gasteiger partial charge in [-0.2, -0.15) is 0 Å². The number of allylic oxidation sites excluding steroid dienone is 15. The van der Waals surface area contributed by atoms with E-state index in [1.54, 1.807) is 6.08 Å². The van der Waals surface area contributed by atoms with Crippen molar-refractivity contribution in [3.8, 4) is 0 Å². The van der Waals surface area contributed by atoms with Gasteiger partial charge in [0.2, 0.25) is 0 Å². The molecule has 2 atom stereocenters. The van der Waals surface area contributed by atoms with E-state index in [-0.39, 0.29) is 0 Å². The Bertz CT molecular complexity index is 586. The molecule has 0 amide bonds. The van der Waals surface area contributed by atoms with Crippen molar-refractivity contribution in [1.82, 2.24) is 0 Å². The van der Waals surface area contributed by atoms with Crippen LogP contribution in [0.1, 0.15) is 0 Å². The summed E-state index contributed by atoms with van der Waals surface area (Å²) in [6.07, 6.45) is 24.8. The molecule has 0 bridgehead atoms. The first-order valence-electron chi connectivity index (χ1n) is 6.82. The third kappa shape index (κ3) is 2.97. The topological polar surface area (TPSA) is 0 Å². The first-order valence-corrected chi connectivity index (χ1v) is 6.82. The zero-order valence-corrected chi connectivity index (χ0v) is 11.7. The highest BCUT2D eigenvalue weighted by molar-refractivity contribution is 5.47. The quantitative estimate of drug-likeness (QED) is 0.592. The van der Waals surface area contributed by atoms with Gasteiger partial charge in [0.05, 0.1) is 0 Å². The summed E-state index contributed by atoms with van der Waals surface area (Å²) in [5, 5.41) is 0. The van der Waals surface area contributed by atoms with Crippen molar-refractivity contribution in [2.75, 3.05) is 0 Å². The van der Waals surface area contributed by atoms with Crippen LogP contribution in [0.15, 0.2) is 109 Å². The van der Waals surface area contributed by atoms with Crippen molar-refractivity contribution in [3.05, 3.63) is 109 Å². The van der Waals surface area contributed by atoms with Crippen molar-refractivity contribution >= 4 is 0 Å². The molecule has 0 aromatic carbocycles. The van der Waals surface area contributed by atoms with Crippen molar-refractivity contribution in [1.29, 1.82) is 0 Å². The second kappa shape index (κ2) is 6.72. The van der Waals surface area contributed by atoms with Crippen LogP contribution >= 0.6 is 0 Å². The molecule has 0 nitrogen and oxygen atoms in total. The Morgan fingerprint density at radius 2 is 1.85 bits per heavy atom. The van der Waals surface area contributed by atoms with Gasteiger partial charge in [0.25, 0.3) is 0 Å². The third-order valence-electron chi connectivity index (χ3n) is 3.60. The Labute approximate surface area is 121 Å². The van der Waals surface area contributed by atoms with E-state index in [0.717, 1.165) is 5.57 Å². The molecule has 2 aliphatic rings. The van der Waals surface area contributed by atoms with Crippen molar-refractivity contribution < 1.29 is 0 Å². The molecule has 0 aromatic rings. The van der Waals surface area contributed by atoms with E-state index >= 15 is 0 Å². The fourth-order valence-electron chi connectivity index (χ4n) is 2.59. The molecule has 2 aliphatic carbocycles. The summed E-state index contributed by atoms with van der Waals surface area (Å²) in [4.78, 5) is 0. The van der Waals surface area contributed by atoms with Gasteiger partial charge >= 0.3 is 0 Å². The van der Waals surface area contributed by atoms with Crippen LogP contribution in [-0.4, -0.2) is 0 Å². The summed E-state index contributed by atoms with van der Waals surface area (Å²) >= 11 is 0. The Kier molecular flexibility index (Phi) is 4.73. The molecule has 0 saturated heterocycles. The van der Waals surface area contributed by atoms with Crippen LogP contribution < -0.4 is 0 Å². The first-order chi connectivity index (χ1) is 9.80. The van der Waals surface area contributed by atoms with Crippen LogP contribution in [0.25, 0.3) is 0 Å². The number of rotatable bonds is 5. The zero-order valence-electron chi connectivity index (χ0n) is 11.7. The molecule has 0 aromatic heterocycles. The van der Waals surface area contributed by atoms with Crippen LogP contribution in [0, 0.1) is 11.8 Å². The van der Waals surface area contributed by atoms with Crippen molar-refractivity contribution in [2.45, 2.75) is 0 Å². The van der Waals surface area contributed by atoms with E-state index in [1.165, 1.54) is 11.1 Å². The Balaban J connectivity index is 2.35. The van der Waals surface area contributed by atoms with Crippen LogP contribution in [0.5, 0.6) is 0 Å². The molecule has 2 unspecified atom stereocenters. The van der Waals surface area contributed by atoms with Gasteiger partial charge < -0.3 is 0 Å². The van der Waals surface area contributed by atoms with Gasteiger partial charge in [-0.05, 0) is 16.7 Å². The molecule has 0 saturated carbocycles. The van der Waals surface area contributed by atoms with E-state index in [9.17, 15) is 0 Å². The van der Waals surface area contributed by atoms with Gasteiger partial charge in [-0.1, -0.05) is 92.6 Å². The van der Waals surface area contributed by atoms with Gasteiger partial charge in [-0.15, -0.1) is 0 Å². The van der Waals surface area contributed by atoms with E-state index in [1.807, 2.05) is 18.2 Å². The number of hydrogen-bond donors (Lipinski definition) is 0. The lowest BCUT2D eigenvalue weighted by Crippen LogP contribution is -2.17. The molecule has 0 heteroatoms. The predicted molar refractivity (Wildman–Crippen MR) is 89.2 cm³/mol. The summed E-state index contributed by atoms with van der Waals surface area (Å²) < 4.78 is 0. The van der Waals surface area contributed by atoms with Gasteiger partial charge in [0.1, 0.15) is 0 Å². The highest BCUT2D eigenvalue weighted by atomic mass is 14.3. The monoisotopic (exact) mass is 260 g/mol. The zero-order chi connectivity index (χ0) is 14.4. The van der Waals surface area contributed by atoms with Crippen LogP contribution in [0.4, 0.5) is 0 Å². The van der Waals surface area contributed by atoms with E-state index in [0.29, 0.717) is 11.8 Å². The fourth-order valence-corrected chi connectivity index (χ4v) is 2.59. The van der Waals surface area contributed by atoms with Crippen LogP contribution in [-0.2, 0) is 0 Å². The fraction of sp³-hybridized carbons (Fsp3) is 0.100. The van der Waals surface area contributed by atoms with Gasteiger partial charge in [-0.25, -0.2) is 0 Å².